The molecule has 0 saturated carbocycles. The highest BCUT2D eigenvalue weighted by Gasteiger charge is 2.18. The highest BCUT2D eigenvalue weighted by molar-refractivity contribution is 7.91. The third-order valence-corrected chi connectivity index (χ3v) is 6.67. The normalized spacial score (nSPS) is 12.1. The van der Waals surface area contributed by atoms with Crippen LogP contribution in [0.2, 0.25) is 0 Å². The topological polar surface area (TPSA) is 98.1 Å². The van der Waals surface area contributed by atoms with Gasteiger partial charge in [-0.25, -0.2) is 16.8 Å². The summed E-state index contributed by atoms with van der Waals surface area (Å²) in [6.45, 7) is 4.51. The first-order valence-corrected chi connectivity index (χ1v) is 12.6. The number of sulfone groups is 2. The van der Waals surface area contributed by atoms with Gasteiger partial charge < -0.3 is 5.32 Å². The molecule has 9 heteroatoms. The number of rotatable bonds is 6. The van der Waals surface area contributed by atoms with Crippen molar-refractivity contribution in [2.24, 2.45) is 0 Å². The van der Waals surface area contributed by atoms with Crippen LogP contribution in [0.4, 0.5) is 11.4 Å². The Kier molecular flexibility index (Phi) is 5.55. The van der Waals surface area contributed by atoms with Gasteiger partial charge in [-0.3, -0.25) is 4.68 Å². The van der Waals surface area contributed by atoms with E-state index in [1.807, 2.05) is 48.9 Å². The van der Waals surface area contributed by atoms with Gasteiger partial charge in [0.2, 0.25) is 0 Å². The third-order valence-electron chi connectivity index (χ3n) is 4.42. The zero-order chi connectivity index (χ0) is 21.4. The van der Waals surface area contributed by atoms with E-state index in [4.69, 9.17) is 0 Å². The molecule has 0 aliphatic heterocycles. The minimum absolute atomic E-state index is 0.0400. The number of nitrogens with zero attached hydrogens (tertiary/aromatic N) is 2. The van der Waals surface area contributed by atoms with E-state index in [-0.39, 0.29) is 9.79 Å². The van der Waals surface area contributed by atoms with Crippen LogP contribution in [0, 0.1) is 13.8 Å². The molecule has 0 saturated heterocycles. The average molecular weight is 434 g/mol. The predicted molar refractivity (Wildman–Crippen MR) is 113 cm³/mol. The Morgan fingerprint density at radius 1 is 0.931 bits per heavy atom. The molecule has 0 atom stereocenters. The second-order valence-electron chi connectivity index (χ2n) is 7.11. The average Bonchev–Trinajstić information content (AvgIpc) is 2.91. The summed E-state index contributed by atoms with van der Waals surface area (Å²) >= 11 is 0. The summed E-state index contributed by atoms with van der Waals surface area (Å²) in [4.78, 5) is -0.105. The molecule has 2 aromatic carbocycles. The van der Waals surface area contributed by atoms with Gasteiger partial charge in [0.05, 0.1) is 27.7 Å². The summed E-state index contributed by atoms with van der Waals surface area (Å²) in [6.07, 6.45) is 2.10. The molecule has 1 N–H and O–H groups in total. The van der Waals surface area contributed by atoms with Crippen LogP contribution in [-0.4, -0.2) is 39.1 Å². The predicted octanol–water partition coefficient (Wildman–Crippen LogP) is 3.10. The molecule has 0 spiro atoms. The van der Waals surface area contributed by atoms with Crippen LogP contribution in [-0.2, 0) is 26.2 Å². The van der Waals surface area contributed by atoms with E-state index in [1.165, 1.54) is 18.2 Å². The van der Waals surface area contributed by atoms with Gasteiger partial charge in [-0.1, -0.05) is 12.1 Å². The van der Waals surface area contributed by atoms with E-state index in [2.05, 4.69) is 10.4 Å². The maximum atomic E-state index is 12.2. The Morgan fingerprint density at radius 3 is 2.24 bits per heavy atom. The molecule has 3 aromatic rings. The molecule has 0 amide bonds. The van der Waals surface area contributed by atoms with Crippen molar-refractivity contribution in [3.63, 3.8) is 0 Å². The van der Waals surface area contributed by atoms with Crippen LogP contribution in [0.5, 0.6) is 0 Å². The van der Waals surface area contributed by atoms with E-state index in [9.17, 15) is 16.8 Å². The molecule has 0 bridgehead atoms. The first-order chi connectivity index (χ1) is 13.4. The van der Waals surface area contributed by atoms with Gasteiger partial charge in [-0.2, -0.15) is 5.10 Å². The highest BCUT2D eigenvalue weighted by Crippen LogP contribution is 2.28. The van der Waals surface area contributed by atoms with E-state index < -0.39 is 19.7 Å². The maximum absolute atomic E-state index is 12.2. The SMILES string of the molecule is Cc1cc(C)n(Cc2cccc(Nc3ccc(S(C)(=O)=O)cc3S(C)(=O)=O)c2)n1. The Balaban J connectivity index is 1.95. The lowest BCUT2D eigenvalue weighted by Crippen LogP contribution is -2.07. The van der Waals surface area contributed by atoms with Gasteiger partial charge in [0.15, 0.2) is 19.7 Å². The molecular weight excluding hydrogens is 410 g/mol. The number of anilines is 2. The third kappa shape index (κ3) is 5.04. The van der Waals surface area contributed by atoms with Crippen molar-refractivity contribution < 1.29 is 16.8 Å². The maximum Gasteiger partial charge on any atom is 0.177 e. The Labute approximate surface area is 171 Å². The fraction of sp³-hybridized carbons (Fsp3) is 0.250. The minimum Gasteiger partial charge on any atom is -0.354 e. The summed E-state index contributed by atoms with van der Waals surface area (Å²) in [5, 5.41) is 7.56. The Bertz CT molecular complexity index is 1280. The largest absolute Gasteiger partial charge is 0.354 e. The molecule has 0 unspecified atom stereocenters. The van der Waals surface area contributed by atoms with Crippen LogP contribution in [0.15, 0.2) is 58.3 Å². The van der Waals surface area contributed by atoms with Gasteiger partial charge >= 0.3 is 0 Å². The number of hydrogen-bond acceptors (Lipinski definition) is 6. The van der Waals surface area contributed by atoms with Crippen LogP contribution < -0.4 is 5.32 Å². The summed E-state index contributed by atoms with van der Waals surface area (Å²) in [5.41, 5.74) is 4.01. The van der Waals surface area contributed by atoms with Crippen LogP contribution >= 0.6 is 0 Å². The van der Waals surface area contributed by atoms with E-state index in [0.29, 0.717) is 17.9 Å². The van der Waals surface area contributed by atoms with Crippen LogP contribution in [0.25, 0.3) is 0 Å². The van der Waals surface area contributed by atoms with Crippen molar-refractivity contribution in [2.45, 2.75) is 30.2 Å². The van der Waals surface area contributed by atoms with E-state index >= 15 is 0 Å². The molecule has 0 aliphatic rings. The van der Waals surface area contributed by atoms with Crippen LogP contribution in [0.3, 0.4) is 0 Å². The fourth-order valence-electron chi connectivity index (χ4n) is 3.05. The summed E-state index contributed by atoms with van der Waals surface area (Å²) < 4.78 is 50.0. The van der Waals surface area contributed by atoms with Crippen molar-refractivity contribution in [1.29, 1.82) is 0 Å². The van der Waals surface area contributed by atoms with Gasteiger partial charge in [0.25, 0.3) is 0 Å². The van der Waals surface area contributed by atoms with Gasteiger partial charge in [-0.05, 0) is 55.8 Å². The Morgan fingerprint density at radius 2 is 1.66 bits per heavy atom. The zero-order valence-electron chi connectivity index (χ0n) is 16.7. The van der Waals surface area contributed by atoms with Gasteiger partial charge in [0, 0.05) is 23.9 Å². The first-order valence-electron chi connectivity index (χ1n) is 8.85. The first kappa shape index (κ1) is 21.1. The molecule has 1 heterocycles. The van der Waals surface area contributed by atoms with E-state index in [1.54, 1.807) is 0 Å². The zero-order valence-corrected chi connectivity index (χ0v) is 18.3. The van der Waals surface area contributed by atoms with Crippen LogP contribution in [0.1, 0.15) is 17.0 Å². The Hall–Kier alpha value is -2.65. The molecule has 0 fully saturated rings. The summed E-state index contributed by atoms with van der Waals surface area (Å²) in [7, 11) is -7.16. The summed E-state index contributed by atoms with van der Waals surface area (Å²) in [5.74, 6) is 0. The summed E-state index contributed by atoms with van der Waals surface area (Å²) in [6, 6.07) is 13.6. The van der Waals surface area contributed by atoms with Crippen molar-refractivity contribution in [3.05, 3.63) is 65.5 Å². The molecular formula is C20H23N3O4S2. The number of hydrogen-bond donors (Lipinski definition) is 1. The molecule has 29 heavy (non-hydrogen) atoms. The lowest BCUT2D eigenvalue weighted by molar-refractivity contribution is 0.600. The second kappa shape index (κ2) is 7.64. The molecule has 7 nitrogen and oxygen atoms in total. The second-order valence-corrected chi connectivity index (χ2v) is 11.1. The quantitative estimate of drug-likeness (QED) is 0.641. The number of benzene rings is 2. The lowest BCUT2D eigenvalue weighted by atomic mass is 10.2. The monoisotopic (exact) mass is 433 g/mol. The number of aromatic nitrogens is 2. The number of nitrogens with one attached hydrogen (secondary N) is 1. The highest BCUT2D eigenvalue weighted by atomic mass is 32.2. The lowest BCUT2D eigenvalue weighted by Gasteiger charge is -2.13. The molecule has 0 aliphatic carbocycles. The van der Waals surface area contributed by atoms with E-state index in [0.717, 1.165) is 29.5 Å². The molecule has 0 radical (unpaired) electrons. The van der Waals surface area contributed by atoms with Crippen molar-refractivity contribution in [2.75, 3.05) is 17.8 Å². The van der Waals surface area contributed by atoms with Crippen molar-refractivity contribution in [3.8, 4) is 0 Å². The molecule has 154 valence electrons. The standard InChI is InChI=1S/C20H23N3O4S2/c1-14-10-15(2)23(22-14)13-16-6-5-7-17(11-16)21-19-9-8-18(28(3,24)25)12-20(19)29(4,26)27/h5-12,21H,13H2,1-4H3. The van der Waals surface area contributed by atoms with Gasteiger partial charge in [0.1, 0.15) is 0 Å². The van der Waals surface area contributed by atoms with Crippen molar-refractivity contribution in [1.82, 2.24) is 9.78 Å². The minimum atomic E-state index is -3.64. The molecule has 1 aromatic heterocycles. The fourth-order valence-corrected chi connectivity index (χ4v) is 4.64. The smallest absolute Gasteiger partial charge is 0.177 e. The van der Waals surface area contributed by atoms with Crippen molar-refractivity contribution >= 4 is 31.0 Å². The molecule has 3 rings (SSSR count). The van der Waals surface area contributed by atoms with Gasteiger partial charge in [-0.15, -0.1) is 0 Å². The number of aryl methyl sites for hydroxylation is 2.